The molecular weight excluding hydrogens is 292 g/mol. The molecule has 2 rings (SSSR count). The number of nitrogens with zero attached hydrogens (tertiary/aromatic N) is 2. The van der Waals surface area contributed by atoms with Crippen LogP contribution in [0.3, 0.4) is 0 Å². The number of piperidine rings is 1. The van der Waals surface area contributed by atoms with Gasteiger partial charge in [-0.1, -0.05) is 12.1 Å². The van der Waals surface area contributed by atoms with Crippen LogP contribution in [-0.4, -0.2) is 48.0 Å². The molecule has 0 saturated carbocycles. The average Bonchev–Trinajstić information content (AvgIpc) is 2.59. The lowest BCUT2D eigenvalue weighted by Crippen LogP contribution is -2.47. The molecule has 23 heavy (non-hydrogen) atoms. The molecule has 1 aliphatic heterocycles. The van der Waals surface area contributed by atoms with E-state index in [1.54, 1.807) is 12.1 Å². The third-order valence-corrected chi connectivity index (χ3v) is 4.22. The van der Waals surface area contributed by atoms with E-state index in [4.69, 9.17) is 4.74 Å². The van der Waals surface area contributed by atoms with Crippen LogP contribution >= 0.6 is 0 Å². The number of amides is 2. The van der Waals surface area contributed by atoms with Gasteiger partial charge in [0.2, 0.25) is 0 Å². The summed E-state index contributed by atoms with van der Waals surface area (Å²) in [6.45, 7) is 6.32. The summed E-state index contributed by atoms with van der Waals surface area (Å²) in [5, 5.41) is 0. The van der Waals surface area contributed by atoms with Gasteiger partial charge in [0.05, 0.1) is 12.7 Å². The van der Waals surface area contributed by atoms with Crippen molar-refractivity contribution in [3.05, 3.63) is 35.4 Å². The van der Waals surface area contributed by atoms with Gasteiger partial charge in [0.25, 0.3) is 0 Å². The smallest absolute Gasteiger partial charge is 0.337 e. The number of hydrogen-bond acceptors (Lipinski definition) is 3. The number of methoxy groups -OCH3 is 1. The van der Waals surface area contributed by atoms with Crippen molar-refractivity contribution in [2.24, 2.45) is 0 Å². The van der Waals surface area contributed by atoms with Crippen molar-refractivity contribution < 1.29 is 14.3 Å². The Morgan fingerprint density at radius 1 is 1.13 bits per heavy atom. The van der Waals surface area contributed by atoms with E-state index in [2.05, 4.69) is 0 Å². The molecule has 1 aromatic carbocycles. The predicted octanol–water partition coefficient (Wildman–Crippen LogP) is 3.29. The summed E-state index contributed by atoms with van der Waals surface area (Å²) in [4.78, 5) is 28.1. The minimum absolute atomic E-state index is 0.108. The van der Waals surface area contributed by atoms with E-state index in [0.29, 0.717) is 12.1 Å². The summed E-state index contributed by atoms with van der Waals surface area (Å²) >= 11 is 0. The van der Waals surface area contributed by atoms with E-state index < -0.39 is 0 Å². The van der Waals surface area contributed by atoms with Gasteiger partial charge in [-0.3, -0.25) is 0 Å². The number of carbonyl (C=O) groups excluding carboxylic acids is 2. The van der Waals surface area contributed by atoms with Crippen molar-refractivity contribution in [3.8, 4) is 0 Å². The number of esters is 1. The molecule has 5 nitrogen and oxygen atoms in total. The van der Waals surface area contributed by atoms with Gasteiger partial charge < -0.3 is 14.5 Å². The molecule has 0 atom stereocenters. The molecule has 0 spiro atoms. The third kappa shape index (κ3) is 4.47. The molecule has 1 aromatic rings. The highest BCUT2D eigenvalue weighted by Gasteiger charge is 2.24. The molecule has 0 aromatic heterocycles. The first-order valence-electron chi connectivity index (χ1n) is 8.25. The number of ether oxygens (including phenoxy) is 1. The average molecular weight is 318 g/mol. The second kappa shape index (κ2) is 7.99. The van der Waals surface area contributed by atoms with Crippen LogP contribution in [0, 0.1) is 0 Å². The van der Waals surface area contributed by atoms with Gasteiger partial charge in [-0.15, -0.1) is 0 Å². The SMILES string of the molecule is COC(=O)c1ccc(CN(C(=O)N2CCCCC2)C(C)C)cc1. The molecule has 1 aliphatic rings. The lowest BCUT2D eigenvalue weighted by Gasteiger charge is -2.35. The summed E-state index contributed by atoms with van der Waals surface area (Å²) < 4.78 is 4.70. The minimum atomic E-state index is -0.346. The number of likely N-dealkylation sites (tertiary alicyclic amines) is 1. The van der Waals surface area contributed by atoms with E-state index in [0.717, 1.165) is 31.5 Å². The van der Waals surface area contributed by atoms with Gasteiger partial charge in [-0.05, 0) is 50.8 Å². The predicted molar refractivity (Wildman–Crippen MR) is 89.3 cm³/mol. The van der Waals surface area contributed by atoms with Crippen molar-refractivity contribution in [2.45, 2.75) is 45.7 Å². The largest absolute Gasteiger partial charge is 0.465 e. The standard InChI is InChI=1S/C18H26N2O3/c1-14(2)20(18(22)19-11-5-4-6-12-19)13-15-7-9-16(10-8-15)17(21)23-3/h7-10,14H,4-6,11-13H2,1-3H3. The maximum Gasteiger partial charge on any atom is 0.337 e. The Morgan fingerprint density at radius 3 is 2.26 bits per heavy atom. The van der Waals surface area contributed by atoms with Crippen LogP contribution in [0.15, 0.2) is 24.3 Å². The number of carbonyl (C=O) groups is 2. The summed E-state index contributed by atoms with van der Waals surface area (Å²) in [5.74, 6) is -0.346. The van der Waals surface area contributed by atoms with Gasteiger partial charge in [0.15, 0.2) is 0 Å². The maximum atomic E-state index is 12.7. The summed E-state index contributed by atoms with van der Waals surface area (Å²) in [5.41, 5.74) is 1.53. The molecule has 0 N–H and O–H groups in total. The number of urea groups is 1. The lowest BCUT2D eigenvalue weighted by molar-refractivity contribution is 0.0600. The molecule has 0 unspecified atom stereocenters. The van der Waals surface area contributed by atoms with Crippen molar-refractivity contribution in [1.29, 1.82) is 0 Å². The normalized spacial score (nSPS) is 14.7. The Hall–Kier alpha value is -2.04. The van der Waals surface area contributed by atoms with E-state index in [1.807, 2.05) is 35.8 Å². The second-order valence-corrected chi connectivity index (χ2v) is 6.24. The highest BCUT2D eigenvalue weighted by atomic mass is 16.5. The van der Waals surface area contributed by atoms with E-state index in [1.165, 1.54) is 13.5 Å². The fourth-order valence-electron chi connectivity index (χ4n) is 2.80. The number of rotatable bonds is 4. The zero-order valence-corrected chi connectivity index (χ0v) is 14.2. The fourth-order valence-corrected chi connectivity index (χ4v) is 2.80. The first kappa shape index (κ1) is 17.3. The first-order chi connectivity index (χ1) is 11.0. The zero-order valence-electron chi connectivity index (χ0n) is 14.2. The van der Waals surface area contributed by atoms with E-state index in [9.17, 15) is 9.59 Å². The van der Waals surface area contributed by atoms with Crippen LogP contribution in [0.5, 0.6) is 0 Å². The van der Waals surface area contributed by atoms with Crippen LogP contribution in [0.25, 0.3) is 0 Å². The molecule has 0 aliphatic carbocycles. The number of hydrogen-bond donors (Lipinski definition) is 0. The maximum absolute atomic E-state index is 12.7. The molecule has 0 bridgehead atoms. The molecular formula is C18H26N2O3. The lowest BCUT2D eigenvalue weighted by atomic mass is 10.1. The van der Waals surface area contributed by atoms with Crippen LogP contribution in [0.2, 0.25) is 0 Å². The molecule has 0 radical (unpaired) electrons. The van der Waals surface area contributed by atoms with Gasteiger partial charge in [-0.25, -0.2) is 9.59 Å². The highest BCUT2D eigenvalue weighted by Crippen LogP contribution is 2.16. The van der Waals surface area contributed by atoms with Crippen molar-refractivity contribution in [2.75, 3.05) is 20.2 Å². The Morgan fingerprint density at radius 2 is 1.74 bits per heavy atom. The van der Waals surface area contributed by atoms with Crippen molar-refractivity contribution in [3.63, 3.8) is 0 Å². The van der Waals surface area contributed by atoms with E-state index in [-0.39, 0.29) is 18.0 Å². The molecule has 1 saturated heterocycles. The van der Waals surface area contributed by atoms with Crippen LogP contribution in [0.4, 0.5) is 4.79 Å². The zero-order chi connectivity index (χ0) is 16.8. The van der Waals surface area contributed by atoms with Gasteiger partial charge >= 0.3 is 12.0 Å². The van der Waals surface area contributed by atoms with Crippen LogP contribution in [-0.2, 0) is 11.3 Å². The monoisotopic (exact) mass is 318 g/mol. The molecule has 1 fully saturated rings. The topological polar surface area (TPSA) is 49.9 Å². The van der Waals surface area contributed by atoms with E-state index >= 15 is 0 Å². The van der Waals surface area contributed by atoms with Crippen molar-refractivity contribution in [1.82, 2.24) is 9.80 Å². The Balaban J connectivity index is 2.06. The van der Waals surface area contributed by atoms with Gasteiger partial charge in [-0.2, -0.15) is 0 Å². The molecule has 5 heteroatoms. The van der Waals surface area contributed by atoms with Gasteiger partial charge in [0.1, 0.15) is 0 Å². The third-order valence-electron chi connectivity index (χ3n) is 4.22. The van der Waals surface area contributed by atoms with Crippen molar-refractivity contribution >= 4 is 12.0 Å². The summed E-state index contributed by atoms with van der Waals surface area (Å²) in [7, 11) is 1.37. The molecule has 1 heterocycles. The first-order valence-corrected chi connectivity index (χ1v) is 8.25. The Labute approximate surface area is 138 Å². The minimum Gasteiger partial charge on any atom is -0.465 e. The highest BCUT2D eigenvalue weighted by molar-refractivity contribution is 5.89. The Kier molecular flexibility index (Phi) is 6.02. The second-order valence-electron chi connectivity index (χ2n) is 6.24. The molecule has 126 valence electrons. The Bertz CT molecular complexity index is 534. The summed E-state index contributed by atoms with van der Waals surface area (Å²) in [6.07, 6.45) is 3.39. The molecule has 2 amide bonds. The van der Waals surface area contributed by atoms with Gasteiger partial charge in [0, 0.05) is 25.7 Å². The van der Waals surface area contributed by atoms with Crippen LogP contribution in [0.1, 0.15) is 49.0 Å². The fraction of sp³-hybridized carbons (Fsp3) is 0.556. The number of benzene rings is 1. The quantitative estimate of drug-likeness (QED) is 0.800. The summed E-state index contributed by atoms with van der Waals surface area (Å²) in [6, 6.07) is 7.48. The van der Waals surface area contributed by atoms with Crippen LogP contribution < -0.4 is 0 Å².